The van der Waals surface area contributed by atoms with Crippen molar-refractivity contribution >= 4 is 24.3 Å². The second-order valence-corrected chi connectivity index (χ2v) is 4.36. The average molecular weight is 303 g/mol. The van der Waals surface area contributed by atoms with Crippen LogP contribution in [0.25, 0.3) is 6.08 Å². The molecule has 0 aliphatic heterocycles. The van der Waals surface area contributed by atoms with Crippen molar-refractivity contribution in [3.05, 3.63) is 71.8 Å². The number of rotatable bonds is 5. The number of benzene rings is 2. The second-order valence-electron chi connectivity index (χ2n) is 4.36. The Bertz CT molecular complexity index is 579. The fraction of sp³-hybridized carbons (Fsp3) is 0.118. The van der Waals surface area contributed by atoms with Crippen LogP contribution in [0.15, 0.2) is 60.7 Å². The van der Waals surface area contributed by atoms with Gasteiger partial charge >= 0.3 is 0 Å². The molecule has 21 heavy (non-hydrogen) atoms. The third kappa shape index (κ3) is 5.71. The SMILES string of the molecule is COc1ccc(CNC(=N)/C=C/c2ccccc2)cc1.Cl. The van der Waals surface area contributed by atoms with Crippen LogP contribution in [0.3, 0.4) is 0 Å². The largest absolute Gasteiger partial charge is 0.497 e. The number of methoxy groups -OCH3 is 1. The molecule has 2 rings (SSSR count). The van der Waals surface area contributed by atoms with E-state index >= 15 is 0 Å². The second kappa shape index (κ2) is 8.82. The first kappa shape index (κ1) is 16.8. The van der Waals surface area contributed by atoms with E-state index in [1.807, 2.05) is 60.7 Å². The van der Waals surface area contributed by atoms with Gasteiger partial charge in [0.25, 0.3) is 0 Å². The molecule has 110 valence electrons. The molecule has 0 unspecified atom stereocenters. The zero-order valence-corrected chi connectivity index (χ0v) is 12.7. The standard InChI is InChI=1S/C17H18N2O.ClH/c1-20-16-10-7-15(8-11-16)13-19-17(18)12-9-14-5-3-2-4-6-14;/h2-12H,13H2,1H3,(H2,18,19);1H/b12-9+;. The zero-order chi connectivity index (χ0) is 14.2. The molecule has 0 aliphatic carbocycles. The van der Waals surface area contributed by atoms with Gasteiger partial charge in [-0.25, -0.2) is 0 Å². The van der Waals surface area contributed by atoms with Crippen LogP contribution in [0.1, 0.15) is 11.1 Å². The summed E-state index contributed by atoms with van der Waals surface area (Å²) in [6.45, 7) is 0.627. The van der Waals surface area contributed by atoms with Gasteiger partial charge in [0.15, 0.2) is 0 Å². The lowest BCUT2D eigenvalue weighted by atomic mass is 10.2. The molecule has 0 aromatic heterocycles. The van der Waals surface area contributed by atoms with E-state index in [9.17, 15) is 0 Å². The van der Waals surface area contributed by atoms with Gasteiger partial charge in [-0.05, 0) is 29.3 Å². The molecule has 0 saturated heterocycles. The molecule has 0 aliphatic rings. The van der Waals surface area contributed by atoms with Crippen molar-refractivity contribution in [3.8, 4) is 5.75 Å². The average Bonchev–Trinajstić information content (AvgIpc) is 2.52. The van der Waals surface area contributed by atoms with Crippen LogP contribution in [0.4, 0.5) is 0 Å². The number of nitrogens with one attached hydrogen (secondary N) is 2. The van der Waals surface area contributed by atoms with Crippen LogP contribution in [-0.4, -0.2) is 12.9 Å². The molecule has 4 heteroatoms. The predicted octanol–water partition coefficient (Wildman–Crippen LogP) is 3.90. The maximum atomic E-state index is 7.84. The Morgan fingerprint density at radius 3 is 2.38 bits per heavy atom. The molecule has 2 N–H and O–H groups in total. The Kier molecular flexibility index (Phi) is 7.05. The summed E-state index contributed by atoms with van der Waals surface area (Å²) >= 11 is 0. The van der Waals surface area contributed by atoms with E-state index in [0.717, 1.165) is 16.9 Å². The van der Waals surface area contributed by atoms with Crippen molar-refractivity contribution < 1.29 is 4.74 Å². The summed E-state index contributed by atoms with van der Waals surface area (Å²) in [5.74, 6) is 1.23. The fourth-order valence-electron chi connectivity index (χ4n) is 1.74. The normalized spacial score (nSPS) is 9.95. The number of hydrogen-bond donors (Lipinski definition) is 2. The molecule has 0 amide bonds. The molecule has 2 aromatic carbocycles. The number of hydrogen-bond acceptors (Lipinski definition) is 2. The maximum absolute atomic E-state index is 7.84. The maximum Gasteiger partial charge on any atom is 0.118 e. The van der Waals surface area contributed by atoms with Crippen molar-refractivity contribution in [2.75, 3.05) is 7.11 Å². The highest BCUT2D eigenvalue weighted by atomic mass is 35.5. The topological polar surface area (TPSA) is 45.1 Å². The molecular weight excluding hydrogens is 284 g/mol. The van der Waals surface area contributed by atoms with Gasteiger partial charge in [-0.3, -0.25) is 5.41 Å². The van der Waals surface area contributed by atoms with Gasteiger partial charge < -0.3 is 10.1 Å². The van der Waals surface area contributed by atoms with E-state index in [1.165, 1.54) is 0 Å². The van der Waals surface area contributed by atoms with E-state index in [0.29, 0.717) is 12.4 Å². The molecule has 0 atom stereocenters. The van der Waals surface area contributed by atoms with Crippen molar-refractivity contribution in [2.45, 2.75) is 6.54 Å². The molecule has 0 heterocycles. The predicted molar refractivity (Wildman–Crippen MR) is 90.3 cm³/mol. The Morgan fingerprint density at radius 2 is 1.76 bits per heavy atom. The lowest BCUT2D eigenvalue weighted by Crippen LogP contribution is -2.19. The van der Waals surface area contributed by atoms with Crippen molar-refractivity contribution in [1.82, 2.24) is 5.32 Å². The Morgan fingerprint density at radius 1 is 1.10 bits per heavy atom. The van der Waals surface area contributed by atoms with Crippen LogP contribution >= 0.6 is 12.4 Å². The smallest absolute Gasteiger partial charge is 0.118 e. The van der Waals surface area contributed by atoms with Gasteiger partial charge in [-0.15, -0.1) is 12.4 Å². The van der Waals surface area contributed by atoms with Gasteiger partial charge in [-0.1, -0.05) is 48.5 Å². The highest BCUT2D eigenvalue weighted by Crippen LogP contribution is 2.10. The third-order valence-corrected chi connectivity index (χ3v) is 2.88. The van der Waals surface area contributed by atoms with E-state index in [4.69, 9.17) is 10.1 Å². The highest BCUT2D eigenvalue weighted by Gasteiger charge is 1.95. The molecule has 0 spiro atoms. The van der Waals surface area contributed by atoms with Crippen LogP contribution in [-0.2, 0) is 6.54 Å². The molecule has 2 aromatic rings. The van der Waals surface area contributed by atoms with Crippen LogP contribution in [0.5, 0.6) is 5.75 Å². The summed E-state index contributed by atoms with van der Waals surface area (Å²) in [6, 6.07) is 17.8. The summed E-state index contributed by atoms with van der Waals surface area (Å²) in [5.41, 5.74) is 2.20. The fourth-order valence-corrected chi connectivity index (χ4v) is 1.74. The molecular formula is C17H19ClN2O. The molecule has 0 fully saturated rings. The molecule has 0 bridgehead atoms. The van der Waals surface area contributed by atoms with Crippen LogP contribution < -0.4 is 10.1 Å². The number of amidine groups is 1. The summed E-state index contributed by atoms with van der Waals surface area (Å²) < 4.78 is 5.11. The minimum absolute atomic E-state index is 0. The minimum Gasteiger partial charge on any atom is -0.497 e. The van der Waals surface area contributed by atoms with Gasteiger partial charge in [0.05, 0.1) is 7.11 Å². The minimum atomic E-state index is 0. The zero-order valence-electron chi connectivity index (χ0n) is 11.9. The van der Waals surface area contributed by atoms with Gasteiger partial charge in [0, 0.05) is 6.54 Å². The Hall–Kier alpha value is -2.26. The highest BCUT2D eigenvalue weighted by molar-refractivity contribution is 5.93. The summed E-state index contributed by atoms with van der Waals surface area (Å²) in [6.07, 6.45) is 3.68. The quantitative estimate of drug-likeness (QED) is 0.650. The van der Waals surface area contributed by atoms with Crippen molar-refractivity contribution in [1.29, 1.82) is 5.41 Å². The Balaban J connectivity index is 0.00000220. The molecule has 3 nitrogen and oxygen atoms in total. The van der Waals surface area contributed by atoms with Gasteiger partial charge in [0.2, 0.25) is 0 Å². The van der Waals surface area contributed by atoms with Crippen LogP contribution in [0.2, 0.25) is 0 Å². The first-order valence-corrected chi connectivity index (χ1v) is 6.46. The first-order chi connectivity index (χ1) is 9.78. The van der Waals surface area contributed by atoms with Crippen molar-refractivity contribution in [2.24, 2.45) is 0 Å². The number of halogens is 1. The van der Waals surface area contributed by atoms with Gasteiger partial charge in [-0.2, -0.15) is 0 Å². The summed E-state index contributed by atoms with van der Waals surface area (Å²) in [4.78, 5) is 0. The monoisotopic (exact) mass is 302 g/mol. The Labute approximate surface area is 131 Å². The van der Waals surface area contributed by atoms with Crippen LogP contribution in [0, 0.1) is 5.41 Å². The third-order valence-electron chi connectivity index (χ3n) is 2.88. The van der Waals surface area contributed by atoms with Gasteiger partial charge in [0.1, 0.15) is 11.6 Å². The van der Waals surface area contributed by atoms with E-state index in [1.54, 1.807) is 13.2 Å². The summed E-state index contributed by atoms with van der Waals surface area (Å²) in [5, 5.41) is 10.9. The lowest BCUT2D eigenvalue weighted by molar-refractivity contribution is 0.414. The van der Waals surface area contributed by atoms with E-state index in [-0.39, 0.29) is 12.4 Å². The van der Waals surface area contributed by atoms with E-state index in [2.05, 4.69) is 5.32 Å². The molecule has 0 saturated carbocycles. The number of ether oxygens (including phenoxy) is 1. The first-order valence-electron chi connectivity index (χ1n) is 6.46. The summed E-state index contributed by atoms with van der Waals surface area (Å²) in [7, 11) is 1.65. The lowest BCUT2D eigenvalue weighted by Gasteiger charge is -2.05. The van der Waals surface area contributed by atoms with Crippen molar-refractivity contribution in [3.63, 3.8) is 0 Å². The van der Waals surface area contributed by atoms with E-state index < -0.39 is 0 Å². The molecule has 0 radical (unpaired) electrons.